The molecule has 1 N–H and O–H groups in total. The van der Waals surface area contributed by atoms with Gasteiger partial charge in [-0.1, -0.05) is 0 Å². The molecule has 4 nitrogen and oxygen atoms in total. The fraction of sp³-hybridized carbons (Fsp3) is 0.0667. The Labute approximate surface area is 111 Å². The Morgan fingerprint density at radius 1 is 0.895 bits per heavy atom. The molecule has 0 bridgehead atoms. The number of hydrogen-bond acceptors (Lipinski definition) is 3. The van der Waals surface area contributed by atoms with Gasteiger partial charge in [0.05, 0.1) is 18.5 Å². The molecule has 0 saturated heterocycles. The number of hydrogen-bond donors (Lipinski definition) is 1. The maximum absolute atomic E-state index is 5.13. The van der Waals surface area contributed by atoms with Gasteiger partial charge in [0, 0.05) is 11.8 Å². The second-order valence-electron chi connectivity index (χ2n) is 4.12. The molecule has 19 heavy (non-hydrogen) atoms. The Kier molecular flexibility index (Phi) is 2.98. The Hall–Kier alpha value is -2.62. The van der Waals surface area contributed by atoms with Gasteiger partial charge in [0.2, 0.25) is 0 Å². The van der Waals surface area contributed by atoms with Gasteiger partial charge in [-0.15, -0.1) is 10.2 Å². The number of nitrogens with one attached hydrogen (secondary N) is 1. The first kappa shape index (κ1) is 11.5. The zero-order valence-electron chi connectivity index (χ0n) is 10.5. The molecule has 0 spiro atoms. The minimum atomic E-state index is 0.833. The standard InChI is InChI=1S/C15H13N3O/c1-19-12-6-4-11(5-7-12)13-8-9-15(18-17-13)14-3-2-10-16-14/h2-10,16H,1H3. The average Bonchev–Trinajstić information content (AvgIpc) is 3.02. The highest BCUT2D eigenvalue weighted by Gasteiger charge is 2.03. The predicted octanol–water partition coefficient (Wildman–Crippen LogP) is 3.15. The van der Waals surface area contributed by atoms with Crippen molar-refractivity contribution in [2.24, 2.45) is 0 Å². The van der Waals surface area contributed by atoms with Gasteiger partial charge in [0.1, 0.15) is 11.4 Å². The quantitative estimate of drug-likeness (QED) is 0.778. The van der Waals surface area contributed by atoms with Gasteiger partial charge in [-0.3, -0.25) is 0 Å². The lowest BCUT2D eigenvalue weighted by molar-refractivity contribution is 0.415. The average molecular weight is 251 g/mol. The highest BCUT2D eigenvalue weighted by Crippen LogP contribution is 2.21. The summed E-state index contributed by atoms with van der Waals surface area (Å²) in [6, 6.07) is 15.6. The molecule has 0 amide bonds. The van der Waals surface area contributed by atoms with Gasteiger partial charge in [-0.25, -0.2) is 0 Å². The van der Waals surface area contributed by atoms with E-state index in [4.69, 9.17) is 4.74 Å². The molecule has 0 radical (unpaired) electrons. The summed E-state index contributed by atoms with van der Waals surface area (Å²) < 4.78 is 5.13. The second kappa shape index (κ2) is 4.94. The summed E-state index contributed by atoms with van der Waals surface area (Å²) >= 11 is 0. The van der Waals surface area contributed by atoms with Crippen molar-refractivity contribution in [3.8, 4) is 28.4 Å². The minimum absolute atomic E-state index is 0.833. The molecule has 2 heterocycles. The maximum atomic E-state index is 5.13. The molecular formula is C15H13N3O. The van der Waals surface area contributed by atoms with Crippen LogP contribution in [0.3, 0.4) is 0 Å². The smallest absolute Gasteiger partial charge is 0.118 e. The number of aromatic amines is 1. The molecule has 4 heteroatoms. The predicted molar refractivity (Wildman–Crippen MR) is 73.8 cm³/mol. The van der Waals surface area contributed by atoms with Crippen molar-refractivity contribution in [3.05, 3.63) is 54.7 Å². The van der Waals surface area contributed by atoms with Crippen LogP contribution in [0.15, 0.2) is 54.7 Å². The van der Waals surface area contributed by atoms with Gasteiger partial charge in [0.15, 0.2) is 0 Å². The summed E-state index contributed by atoms with van der Waals surface area (Å²) in [6.07, 6.45) is 1.87. The van der Waals surface area contributed by atoms with Crippen molar-refractivity contribution >= 4 is 0 Å². The lowest BCUT2D eigenvalue weighted by Gasteiger charge is -2.03. The third-order valence-electron chi connectivity index (χ3n) is 2.92. The number of benzene rings is 1. The first-order chi connectivity index (χ1) is 9.36. The van der Waals surface area contributed by atoms with Crippen LogP contribution in [0.2, 0.25) is 0 Å². The molecule has 3 rings (SSSR count). The van der Waals surface area contributed by atoms with Crippen LogP contribution >= 0.6 is 0 Å². The highest BCUT2D eigenvalue weighted by molar-refractivity contribution is 5.62. The van der Waals surface area contributed by atoms with E-state index in [1.807, 2.05) is 54.7 Å². The van der Waals surface area contributed by atoms with Crippen molar-refractivity contribution in [2.45, 2.75) is 0 Å². The molecule has 1 aromatic carbocycles. The van der Waals surface area contributed by atoms with E-state index in [-0.39, 0.29) is 0 Å². The van der Waals surface area contributed by atoms with E-state index >= 15 is 0 Å². The summed E-state index contributed by atoms with van der Waals surface area (Å²) in [7, 11) is 1.65. The van der Waals surface area contributed by atoms with Gasteiger partial charge >= 0.3 is 0 Å². The third kappa shape index (κ3) is 2.33. The zero-order chi connectivity index (χ0) is 13.1. The summed E-state index contributed by atoms with van der Waals surface area (Å²) in [5, 5.41) is 8.48. The number of rotatable bonds is 3. The van der Waals surface area contributed by atoms with Crippen LogP contribution in [-0.2, 0) is 0 Å². The van der Waals surface area contributed by atoms with Crippen LogP contribution in [0.4, 0.5) is 0 Å². The molecule has 0 aliphatic rings. The number of methoxy groups -OCH3 is 1. The number of nitrogens with zero attached hydrogens (tertiary/aromatic N) is 2. The molecular weight excluding hydrogens is 238 g/mol. The first-order valence-corrected chi connectivity index (χ1v) is 5.99. The molecule has 0 atom stereocenters. The van der Waals surface area contributed by atoms with Gasteiger partial charge in [-0.2, -0.15) is 0 Å². The normalized spacial score (nSPS) is 10.4. The van der Waals surface area contributed by atoms with Crippen molar-refractivity contribution in [3.63, 3.8) is 0 Å². The molecule has 0 saturated carbocycles. The van der Waals surface area contributed by atoms with Crippen LogP contribution in [-0.4, -0.2) is 22.3 Å². The highest BCUT2D eigenvalue weighted by atomic mass is 16.5. The molecule has 0 fully saturated rings. The molecule has 3 aromatic rings. The SMILES string of the molecule is COc1ccc(-c2ccc(-c3ccc[nH]3)nn2)cc1. The van der Waals surface area contributed by atoms with E-state index < -0.39 is 0 Å². The lowest BCUT2D eigenvalue weighted by Crippen LogP contribution is -1.91. The Morgan fingerprint density at radius 3 is 2.21 bits per heavy atom. The van der Waals surface area contributed by atoms with E-state index in [1.165, 1.54) is 0 Å². The van der Waals surface area contributed by atoms with Crippen molar-refractivity contribution in [1.82, 2.24) is 15.2 Å². The van der Waals surface area contributed by atoms with Crippen LogP contribution in [0.25, 0.3) is 22.6 Å². The van der Waals surface area contributed by atoms with Crippen LogP contribution in [0, 0.1) is 0 Å². The van der Waals surface area contributed by atoms with E-state index in [0.29, 0.717) is 0 Å². The van der Waals surface area contributed by atoms with Crippen LogP contribution < -0.4 is 4.74 Å². The van der Waals surface area contributed by atoms with Crippen LogP contribution in [0.1, 0.15) is 0 Å². The summed E-state index contributed by atoms with van der Waals surface area (Å²) in [6.45, 7) is 0. The number of aromatic nitrogens is 3. The third-order valence-corrected chi connectivity index (χ3v) is 2.92. The summed E-state index contributed by atoms with van der Waals surface area (Å²) in [5.41, 5.74) is 3.67. The van der Waals surface area contributed by atoms with E-state index in [9.17, 15) is 0 Å². The van der Waals surface area contributed by atoms with Crippen LogP contribution in [0.5, 0.6) is 5.75 Å². The molecule has 2 aromatic heterocycles. The van der Waals surface area contributed by atoms with Gasteiger partial charge < -0.3 is 9.72 Å². The fourth-order valence-electron chi connectivity index (χ4n) is 1.88. The topological polar surface area (TPSA) is 50.8 Å². The van der Waals surface area contributed by atoms with Gasteiger partial charge in [0.25, 0.3) is 0 Å². The van der Waals surface area contributed by atoms with E-state index in [1.54, 1.807) is 7.11 Å². The largest absolute Gasteiger partial charge is 0.497 e. The maximum Gasteiger partial charge on any atom is 0.118 e. The number of H-pyrrole nitrogens is 1. The molecule has 0 aliphatic heterocycles. The van der Waals surface area contributed by atoms with Gasteiger partial charge in [-0.05, 0) is 48.5 Å². The fourth-order valence-corrected chi connectivity index (χ4v) is 1.88. The Balaban J connectivity index is 1.89. The Morgan fingerprint density at radius 2 is 1.63 bits per heavy atom. The van der Waals surface area contributed by atoms with Crippen molar-refractivity contribution in [2.75, 3.05) is 7.11 Å². The molecule has 0 unspecified atom stereocenters. The minimum Gasteiger partial charge on any atom is -0.497 e. The zero-order valence-corrected chi connectivity index (χ0v) is 10.5. The number of ether oxygens (including phenoxy) is 1. The second-order valence-corrected chi connectivity index (χ2v) is 4.12. The van der Waals surface area contributed by atoms with Crippen molar-refractivity contribution in [1.29, 1.82) is 0 Å². The summed E-state index contributed by atoms with van der Waals surface area (Å²) in [4.78, 5) is 3.11. The molecule has 94 valence electrons. The van der Waals surface area contributed by atoms with E-state index in [2.05, 4.69) is 15.2 Å². The molecule has 0 aliphatic carbocycles. The monoisotopic (exact) mass is 251 g/mol. The van der Waals surface area contributed by atoms with E-state index in [0.717, 1.165) is 28.4 Å². The summed E-state index contributed by atoms with van der Waals surface area (Å²) in [5.74, 6) is 0.833. The van der Waals surface area contributed by atoms with Crippen molar-refractivity contribution < 1.29 is 4.74 Å². The first-order valence-electron chi connectivity index (χ1n) is 5.99. The Bertz CT molecular complexity index is 643. The lowest BCUT2D eigenvalue weighted by atomic mass is 10.1.